The van der Waals surface area contributed by atoms with Crippen molar-refractivity contribution in [2.75, 3.05) is 0 Å². The molecule has 0 aliphatic heterocycles. The van der Waals surface area contributed by atoms with E-state index in [0.717, 1.165) is 23.7 Å². The number of hydrogen-bond acceptors (Lipinski definition) is 0. The first-order valence-corrected chi connectivity index (χ1v) is 11.4. The highest BCUT2D eigenvalue weighted by molar-refractivity contribution is 4.87. The summed E-state index contributed by atoms with van der Waals surface area (Å²) in [5.41, 5.74) is 0.569. The van der Waals surface area contributed by atoms with E-state index in [4.69, 9.17) is 0 Å². The van der Waals surface area contributed by atoms with Crippen molar-refractivity contribution in [1.29, 1.82) is 0 Å². The van der Waals surface area contributed by atoms with Gasteiger partial charge in [0.25, 0.3) is 0 Å². The van der Waals surface area contributed by atoms with Gasteiger partial charge in [0.1, 0.15) is 0 Å². The molecule has 0 radical (unpaired) electrons. The van der Waals surface area contributed by atoms with Crippen molar-refractivity contribution >= 4 is 0 Å². The van der Waals surface area contributed by atoms with Crippen molar-refractivity contribution < 1.29 is 0 Å². The minimum absolute atomic E-state index is 0.569. The van der Waals surface area contributed by atoms with Gasteiger partial charge in [-0.05, 0) is 61.2 Å². The predicted molar refractivity (Wildman–Crippen MR) is 115 cm³/mol. The Morgan fingerprint density at radius 1 is 0.875 bits per heavy atom. The van der Waals surface area contributed by atoms with Crippen molar-refractivity contribution in [3.63, 3.8) is 0 Å². The normalized spacial score (nSPS) is 23.4. The summed E-state index contributed by atoms with van der Waals surface area (Å²) in [6.45, 7) is 22.6. The molecule has 148 valence electrons. The van der Waals surface area contributed by atoms with Crippen molar-refractivity contribution in [2.24, 2.45) is 29.1 Å². The largest absolute Gasteiger partial charge is 0.0683 e. The maximum absolute atomic E-state index is 2.52. The van der Waals surface area contributed by atoms with Crippen LogP contribution in [-0.2, 0) is 0 Å². The van der Waals surface area contributed by atoms with E-state index in [2.05, 4.69) is 41.5 Å². The van der Waals surface area contributed by atoms with Crippen molar-refractivity contribution in [3.05, 3.63) is 0 Å². The summed E-state index contributed by atoms with van der Waals surface area (Å²) in [5, 5.41) is 0. The molecule has 3 atom stereocenters. The average Bonchev–Trinajstić information content (AvgIpc) is 2.91. The molecule has 0 aromatic carbocycles. The minimum atomic E-state index is 0.569. The SMILES string of the molecule is CC.CC.CCCCCC(C)(C)CC1CC(CC(C)C)CC1CC. The van der Waals surface area contributed by atoms with Gasteiger partial charge in [-0.1, -0.05) is 94.9 Å². The Hall–Kier alpha value is 0. The summed E-state index contributed by atoms with van der Waals surface area (Å²) < 4.78 is 0. The molecule has 0 bridgehead atoms. The Bertz CT molecular complexity index is 251. The topological polar surface area (TPSA) is 0 Å². The van der Waals surface area contributed by atoms with Crippen LogP contribution in [0.15, 0.2) is 0 Å². The van der Waals surface area contributed by atoms with Crippen molar-refractivity contribution in [1.82, 2.24) is 0 Å². The monoisotopic (exact) mass is 340 g/mol. The lowest BCUT2D eigenvalue weighted by atomic mass is 9.75. The molecular weight excluding hydrogens is 288 g/mol. The van der Waals surface area contributed by atoms with Crippen LogP contribution in [0.25, 0.3) is 0 Å². The van der Waals surface area contributed by atoms with E-state index >= 15 is 0 Å². The van der Waals surface area contributed by atoms with Crippen molar-refractivity contribution in [3.8, 4) is 0 Å². The molecule has 1 fully saturated rings. The van der Waals surface area contributed by atoms with E-state index in [0.29, 0.717) is 5.41 Å². The van der Waals surface area contributed by atoms with E-state index in [1.807, 2.05) is 27.7 Å². The third-order valence-corrected chi connectivity index (χ3v) is 5.54. The molecule has 0 amide bonds. The molecule has 0 spiro atoms. The zero-order chi connectivity index (χ0) is 19.2. The van der Waals surface area contributed by atoms with E-state index in [1.165, 1.54) is 57.8 Å². The van der Waals surface area contributed by atoms with Crippen LogP contribution in [0, 0.1) is 29.1 Å². The third kappa shape index (κ3) is 11.5. The van der Waals surface area contributed by atoms with Gasteiger partial charge in [-0.2, -0.15) is 0 Å². The van der Waals surface area contributed by atoms with Gasteiger partial charge in [0.2, 0.25) is 0 Å². The fourth-order valence-corrected chi connectivity index (χ4v) is 4.61. The number of rotatable bonds is 9. The maximum atomic E-state index is 2.52. The molecule has 0 aromatic heterocycles. The Morgan fingerprint density at radius 2 is 1.42 bits per heavy atom. The van der Waals surface area contributed by atoms with Gasteiger partial charge < -0.3 is 0 Å². The smallest absolute Gasteiger partial charge is 0.0351 e. The van der Waals surface area contributed by atoms with Crippen LogP contribution in [-0.4, -0.2) is 0 Å². The van der Waals surface area contributed by atoms with Crippen LogP contribution < -0.4 is 0 Å². The van der Waals surface area contributed by atoms with Gasteiger partial charge >= 0.3 is 0 Å². The summed E-state index contributed by atoms with van der Waals surface area (Å²) in [4.78, 5) is 0. The lowest BCUT2D eigenvalue weighted by Crippen LogP contribution is -2.19. The van der Waals surface area contributed by atoms with E-state index in [1.54, 1.807) is 0 Å². The Balaban J connectivity index is 0. The Labute approximate surface area is 156 Å². The molecule has 3 unspecified atom stereocenters. The average molecular weight is 341 g/mol. The second kappa shape index (κ2) is 15.3. The van der Waals surface area contributed by atoms with Gasteiger partial charge in [-0.3, -0.25) is 0 Å². The number of unbranched alkanes of at least 4 members (excludes halogenated alkanes) is 2. The number of hydrogen-bond donors (Lipinski definition) is 0. The van der Waals surface area contributed by atoms with Gasteiger partial charge in [0.05, 0.1) is 0 Å². The van der Waals surface area contributed by atoms with Crippen LogP contribution in [0.5, 0.6) is 0 Å². The van der Waals surface area contributed by atoms with Crippen molar-refractivity contribution in [2.45, 2.75) is 127 Å². The lowest BCUT2D eigenvalue weighted by molar-refractivity contribution is 0.205. The van der Waals surface area contributed by atoms with Crippen LogP contribution in [0.2, 0.25) is 0 Å². The minimum Gasteiger partial charge on any atom is -0.0683 e. The first-order valence-electron chi connectivity index (χ1n) is 11.4. The first kappa shape index (κ1) is 26.2. The summed E-state index contributed by atoms with van der Waals surface area (Å²) in [5.74, 6) is 3.94. The van der Waals surface area contributed by atoms with Gasteiger partial charge in [0.15, 0.2) is 0 Å². The molecule has 0 nitrogen and oxygen atoms in total. The highest BCUT2D eigenvalue weighted by Crippen LogP contribution is 2.47. The van der Waals surface area contributed by atoms with E-state index in [9.17, 15) is 0 Å². The molecular formula is C24H52. The van der Waals surface area contributed by atoms with Gasteiger partial charge in [-0.15, -0.1) is 0 Å². The zero-order valence-corrected chi connectivity index (χ0v) is 19.2. The fraction of sp³-hybridized carbons (Fsp3) is 1.00. The van der Waals surface area contributed by atoms with Crippen LogP contribution in [0.3, 0.4) is 0 Å². The Morgan fingerprint density at radius 3 is 1.88 bits per heavy atom. The van der Waals surface area contributed by atoms with Gasteiger partial charge in [-0.25, -0.2) is 0 Å². The van der Waals surface area contributed by atoms with Gasteiger partial charge in [0, 0.05) is 0 Å². The zero-order valence-electron chi connectivity index (χ0n) is 19.2. The molecule has 0 heteroatoms. The molecule has 0 heterocycles. The summed E-state index contributed by atoms with van der Waals surface area (Å²) in [7, 11) is 0. The second-order valence-electron chi connectivity index (χ2n) is 8.72. The lowest BCUT2D eigenvalue weighted by Gasteiger charge is -2.31. The maximum Gasteiger partial charge on any atom is -0.0351 e. The molecule has 1 saturated carbocycles. The van der Waals surface area contributed by atoms with Crippen LogP contribution in [0.1, 0.15) is 127 Å². The summed E-state index contributed by atoms with van der Waals surface area (Å²) in [6, 6.07) is 0. The molecule has 1 aliphatic rings. The van der Waals surface area contributed by atoms with E-state index in [-0.39, 0.29) is 0 Å². The highest BCUT2D eigenvalue weighted by atomic mass is 14.4. The third-order valence-electron chi connectivity index (χ3n) is 5.54. The van der Waals surface area contributed by atoms with Crippen LogP contribution >= 0.6 is 0 Å². The fourth-order valence-electron chi connectivity index (χ4n) is 4.61. The van der Waals surface area contributed by atoms with E-state index < -0.39 is 0 Å². The predicted octanol–water partition coefficient (Wildman–Crippen LogP) is 9.13. The first-order chi connectivity index (χ1) is 11.4. The molecule has 0 saturated heterocycles. The molecule has 1 aliphatic carbocycles. The molecule has 0 N–H and O–H groups in total. The summed E-state index contributed by atoms with van der Waals surface area (Å²) in [6.07, 6.45) is 13.0. The summed E-state index contributed by atoms with van der Waals surface area (Å²) >= 11 is 0. The molecule has 0 aromatic rings. The Kier molecular flexibility index (Phi) is 16.7. The van der Waals surface area contributed by atoms with Crippen LogP contribution in [0.4, 0.5) is 0 Å². The molecule has 1 rings (SSSR count). The quantitative estimate of drug-likeness (QED) is 0.367. The molecule has 24 heavy (non-hydrogen) atoms. The highest BCUT2D eigenvalue weighted by Gasteiger charge is 2.36. The standard InChI is InChI=1S/C20H40.2C2H6/c1-7-9-10-11-20(5,6)15-19-14-17(12-16(3)4)13-18(19)8-2;2*1-2/h16-19H,7-15H2,1-6H3;2*1-2H3. The second-order valence-corrected chi connectivity index (χ2v) is 8.72.